The van der Waals surface area contributed by atoms with Gasteiger partial charge in [-0.05, 0) is 0 Å². The number of hydrogen-bond acceptors (Lipinski definition) is 8. The Morgan fingerprint density at radius 2 is 1.11 bits per heavy atom. The van der Waals surface area contributed by atoms with Crippen molar-refractivity contribution in [3.05, 3.63) is 9.81 Å². The summed E-state index contributed by atoms with van der Waals surface area (Å²) >= 11 is 0. The fourth-order valence-corrected chi connectivity index (χ4v) is 0. The molecule has 0 heterocycles. The average molecular weight is 319 g/mol. The smallest absolute Gasteiger partial charge is 0.266 e. The predicted octanol–water partition coefficient (Wildman–Crippen LogP) is -0.886. The Hall–Kier alpha value is -0.592. The molecule has 0 radical (unpaired) electrons. The third kappa shape index (κ3) is 109. The molecule has 0 aromatic heterocycles. The van der Waals surface area contributed by atoms with E-state index >= 15 is 0 Å². The molecule has 0 unspecified atom stereocenters. The van der Waals surface area contributed by atoms with Gasteiger partial charge in [0.1, 0.15) is 0 Å². The van der Waals surface area contributed by atoms with E-state index < -0.39 is 0 Å². The van der Waals surface area contributed by atoms with Crippen LogP contribution in [0.1, 0.15) is 0 Å². The summed E-state index contributed by atoms with van der Waals surface area (Å²) in [6.07, 6.45) is 0. The fraction of sp³-hybridized carbons (Fsp3) is 0. The van der Waals surface area contributed by atoms with Crippen molar-refractivity contribution in [3.8, 4) is 0 Å². The van der Waals surface area contributed by atoms with Gasteiger partial charge in [-0.25, -0.2) is 0 Å². The van der Waals surface area contributed by atoms with Crippen LogP contribution < -0.4 is 11.8 Å². The third-order valence-electron chi connectivity index (χ3n) is 0.0861. The van der Waals surface area contributed by atoms with E-state index in [9.17, 15) is 0 Å². The summed E-state index contributed by atoms with van der Waals surface area (Å²) < 4.78 is 0. The standard InChI is InChI=1S/2H2N2O2.Pt/c2*1-4-2-3;/h2*1H2;/q;;+2. The van der Waals surface area contributed by atoms with Gasteiger partial charge in [0.2, 0.25) is 0 Å². The average Bonchev–Trinajstić information content (AvgIpc) is 1.88. The van der Waals surface area contributed by atoms with Crippen LogP contribution in [0, 0.1) is 9.81 Å². The van der Waals surface area contributed by atoms with Gasteiger partial charge in [-0.2, -0.15) is 0 Å². The minimum atomic E-state index is 0. The van der Waals surface area contributed by atoms with Crippen LogP contribution in [0.4, 0.5) is 0 Å². The number of nitrogens with two attached hydrogens (primary N) is 2. The van der Waals surface area contributed by atoms with Crippen LogP contribution in [0.15, 0.2) is 10.7 Å². The molecule has 0 aromatic rings. The molecule has 0 amide bonds. The molecule has 0 aliphatic carbocycles. The fourth-order valence-electron chi connectivity index (χ4n) is 0. The number of hydrogen-bond donors (Lipinski definition) is 2. The third-order valence-corrected chi connectivity index (χ3v) is 0.0861. The van der Waals surface area contributed by atoms with Crippen molar-refractivity contribution in [2.24, 2.45) is 22.5 Å². The zero-order valence-electron chi connectivity index (χ0n) is 4.00. The summed E-state index contributed by atoms with van der Waals surface area (Å²) in [5, 5.41) is 3.53. The maximum atomic E-state index is 8.58. The van der Waals surface area contributed by atoms with Gasteiger partial charge in [-0.1, -0.05) is 0 Å². The van der Waals surface area contributed by atoms with E-state index in [2.05, 4.69) is 21.7 Å². The Balaban J connectivity index is -0.0000000720. The molecular weight excluding hydrogens is 315 g/mol. The van der Waals surface area contributed by atoms with Gasteiger partial charge >= 0.3 is 21.1 Å². The monoisotopic (exact) mass is 319 g/mol. The molecule has 0 bridgehead atoms. The van der Waals surface area contributed by atoms with E-state index in [0.717, 1.165) is 0 Å². The largest absolute Gasteiger partial charge is 2.00 e. The molecule has 0 aromatic carbocycles. The van der Waals surface area contributed by atoms with E-state index in [4.69, 9.17) is 9.81 Å². The summed E-state index contributed by atoms with van der Waals surface area (Å²) in [5.74, 6) is 8.10. The first-order valence-electron chi connectivity index (χ1n) is 1.20. The van der Waals surface area contributed by atoms with Gasteiger partial charge in [0.05, 0.1) is 0 Å². The summed E-state index contributed by atoms with van der Waals surface area (Å²) in [6.45, 7) is 0. The van der Waals surface area contributed by atoms with E-state index in [1.807, 2.05) is 0 Å². The summed E-state index contributed by atoms with van der Waals surface area (Å²) in [5.41, 5.74) is 0. The van der Waals surface area contributed by atoms with Crippen LogP contribution in [-0.4, -0.2) is 0 Å². The first-order chi connectivity index (χ1) is 3.83. The SMILES string of the molecule is NON=O.NON=O.[Pt+2]. The normalized spacial score (nSPS) is 4.67. The molecule has 56 valence electrons. The summed E-state index contributed by atoms with van der Waals surface area (Å²) in [4.78, 5) is 23.4. The van der Waals surface area contributed by atoms with Crippen molar-refractivity contribution < 1.29 is 30.9 Å². The van der Waals surface area contributed by atoms with Crippen molar-refractivity contribution in [3.63, 3.8) is 0 Å². The molecule has 0 aliphatic rings. The predicted molar refractivity (Wildman–Crippen MR) is 22.1 cm³/mol. The van der Waals surface area contributed by atoms with Crippen LogP contribution in [0.25, 0.3) is 0 Å². The van der Waals surface area contributed by atoms with Gasteiger partial charge in [-0.3, -0.25) is 9.88 Å². The zero-order valence-corrected chi connectivity index (χ0v) is 6.27. The quantitative estimate of drug-likeness (QED) is 0.502. The minimum Gasteiger partial charge on any atom is -0.266 e. The van der Waals surface area contributed by atoms with Gasteiger partial charge in [-0.15, -0.1) is 21.6 Å². The van der Waals surface area contributed by atoms with Gasteiger partial charge in [0.25, 0.3) is 0 Å². The molecule has 0 rings (SSSR count). The molecule has 0 atom stereocenters. The van der Waals surface area contributed by atoms with E-state index in [-0.39, 0.29) is 21.1 Å². The molecule has 9 heteroatoms. The van der Waals surface area contributed by atoms with Crippen LogP contribution >= 0.6 is 0 Å². The minimum absolute atomic E-state index is 0. The summed E-state index contributed by atoms with van der Waals surface area (Å²) in [6, 6.07) is 0. The Kier molecular flexibility index (Phi) is 45.9. The van der Waals surface area contributed by atoms with Crippen molar-refractivity contribution in [1.29, 1.82) is 0 Å². The topological polar surface area (TPSA) is 129 Å². The van der Waals surface area contributed by atoms with E-state index in [0.29, 0.717) is 0 Å². The molecule has 8 nitrogen and oxygen atoms in total. The van der Waals surface area contributed by atoms with Crippen molar-refractivity contribution in [2.45, 2.75) is 0 Å². The molecule has 9 heavy (non-hydrogen) atoms. The van der Waals surface area contributed by atoms with Gasteiger partial charge in [0.15, 0.2) is 10.7 Å². The zero-order chi connectivity index (χ0) is 6.83. The van der Waals surface area contributed by atoms with E-state index in [1.165, 1.54) is 0 Å². The number of nitrogens with zero attached hydrogens (tertiary/aromatic N) is 2. The molecule has 4 N–H and O–H groups in total. The van der Waals surface area contributed by atoms with Crippen LogP contribution in [0.3, 0.4) is 0 Å². The second-order valence-corrected chi connectivity index (χ2v) is 0.360. The van der Waals surface area contributed by atoms with Crippen molar-refractivity contribution in [1.82, 2.24) is 0 Å². The Morgan fingerprint density at radius 1 is 1.00 bits per heavy atom. The molecule has 0 saturated heterocycles. The first kappa shape index (κ1) is 15.8. The Labute approximate surface area is 63.9 Å². The van der Waals surface area contributed by atoms with Crippen LogP contribution in [0.2, 0.25) is 0 Å². The molecular formula is H4N4O4Pt+2. The van der Waals surface area contributed by atoms with Crippen LogP contribution in [-0.2, 0) is 30.9 Å². The van der Waals surface area contributed by atoms with E-state index in [1.54, 1.807) is 10.7 Å². The van der Waals surface area contributed by atoms with Crippen molar-refractivity contribution in [2.75, 3.05) is 0 Å². The maximum absolute atomic E-state index is 8.58. The van der Waals surface area contributed by atoms with Crippen LogP contribution in [0.5, 0.6) is 0 Å². The Morgan fingerprint density at radius 3 is 1.11 bits per heavy atom. The molecule has 0 aliphatic heterocycles. The van der Waals surface area contributed by atoms with Gasteiger partial charge < -0.3 is 0 Å². The molecule has 0 saturated carbocycles. The first-order valence-corrected chi connectivity index (χ1v) is 1.20. The maximum Gasteiger partial charge on any atom is 2.00 e. The van der Waals surface area contributed by atoms with Gasteiger partial charge in [0, 0.05) is 0 Å². The molecule has 0 spiro atoms. The Bertz CT molecular complexity index is 48.5. The molecule has 0 fully saturated rings. The second kappa shape index (κ2) is 26.2. The van der Waals surface area contributed by atoms with Crippen molar-refractivity contribution >= 4 is 0 Å². The number of rotatable bonds is 2. The second-order valence-electron chi connectivity index (χ2n) is 0.360. The summed E-state index contributed by atoms with van der Waals surface area (Å²) in [7, 11) is 0.